The third-order valence-corrected chi connectivity index (χ3v) is 5.29. The molecule has 22 heavy (non-hydrogen) atoms. The van der Waals surface area contributed by atoms with Crippen LogP contribution >= 0.6 is 11.3 Å². The summed E-state index contributed by atoms with van der Waals surface area (Å²) in [6.45, 7) is 5.92. The zero-order valence-corrected chi connectivity index (χ0v) is 14.3. The Morgan fingerprint density at radius 2 is 1.86 bits per heavy atom. The molecule has 118 valence electrons. The van der Waals surface area contributed by atoms with Crippen molar-refractivity contribution in [2.75, 3.05) is 26.7 Å². The van der Waals surface area contributed by atoms with Crippen LogP contribution in [0.4, 0.5) is 0 Å². The van der Waals surface area contributed by atoms with Crippen molar-refractivity contribution >= 4 is 11.3 Å². The summed E-state index contributed by atoms with van der Waals surface area (Å²) in [6.07, 6.45) is 2.67. The number of nitrogens with zero attached hydrogens (tertiary/aromatic N) is 2. The Morgan fingerprint density at radius 3 is 2.55 bits per heavy atom. The van der Waals surface area contributed by atoms with Gasteiger partial charge in [0.25, 0.3) is 0 Å². The number of hydrogen-bond acceptors (Lipinski definition) is 3. The Morgan fingerprint density at radius 1 is 1.09 bits per heavy atom. The summed E-state index contributed by atoms with van der Waals surface area (Å²) < 4.78 is 0. The highest BCUT2D eigenvalue weighted by Gasteiger charge is 2.20. The summed E-state index contributed by atoms with van der Waals surface area (Å²) in [5, 5.41) is 4.43. The molecule has 0 bridgehead atoms. The Bertz CT molecular complexity index is 530. The van der Waals surface area contributed by atoms with Crippen LogP contribution in [0, 0.1) is 5.92 Å². The van der Waals surface area contributed by atoms with Crippen LogP contribution in [-0.4, -0.2) is 36.5 Å². The van der Waals surface area contributed by atoms with Crippen LogP contribution in [0.2, 0.25) is 0 Å². The first-order valence-electron chi connectivity index (χ1n) is 8.25. The van der Waals surface area contributed by atoms with Crippen molar-refractivity contribution in [2.45, 2.75) is 25.9 Å². The molecule has 1 aliphatic rings. The summed E-state index contributed by atoms with van der Waals surface area (Å²) in [7, 11) is 2.26. The van der Waals surface area contributed by atoms with Gasteiger partial charge in [-0.1, -0.05) is 30.3 Å². The number of benzene rings is 1. The van der Waals surface area contributed by atoms with Gasteiger partial charge < -0.3 is 4.90 Å². The van der Waals surface area contributed by atoms with E-state index in [0.717, 1.165) is 19.0 Å². The standard InChI is InChI=1S/C19H26N2S/c1-20(14-19-9-12-22-16-19)13-18-7-10-21(11-8-18)15-17-5-3-2-4-6-17/h2-6,9,12,16,18H,7-8,10-11,13-15H2,1H3. The molecule has 3 heteroatoms. The van der Waals surface area contributed by atoms with Crippen LogP contribution in [0.5, 0.6) is 0 Å². The van der Waals surface area contributed by atoms with Crippen molar-refractivity contribution in [3.05, 3.63) is 58.3 Å². The van der Waals surface area contributed by atoms with Gasteiger partial charge in [0.15, 0.2) is 0 Å². The number of likely N-dealkylation sites (tertiary alicyclic amines) is 1. The second-order valence-electron chi connectivity index (χ2n) is 6.53. The normalized spacial score (nSPS) is 17.2. The van der Waals surface area contributed by atoms with Crippen molar-refractivity contribution in [1.29, 1.82) is 0 Å². The average Bonchev–Trinajstić information content (AvgIpc) is 3.03. The molecule has 0 N–H and O–H groups in total. The van der Waals surface area contributed by atoms with E-state index in [4.69, 9.17) is 0 Å². The van der Waals surface area contributed by atoms with Crippen molar-refractivity contribution in [3.63, 3.8) is 0 Å². The van der Waals surface area contributed by atoms with Crippen LogP contribution in [0.1, 0.15) is 24.0 Å². The van der Waals surface area contributed by atoms with Gasteiger partial charge in [0.05, 0.1) is 0 Å². The maximum absolute atomic E-state index is 2.60. The molecule has 0 saturated carbocycles. The second kappa shape index (κ2) is 7.91. The van der Waals surface area contributed by atoms with E-state index in [2.05, 4.69) is 64.0 Å². The molecular formula is C19H26N2S. The van der Waals surface area contributed by atoms with E-state index in [1.165, 1.54) is 43.6 Å². The largest absolute Gasteiger partial charge is 0.302 e. The Kier molecular flexibility index (Phi) is 5.65. The molecule has 1 fully saturated rings. The van der Waals surface area contributed by atoms with E-state index in [-0.39, 0.29) is 0 Å². The molecule has 0 unspecified atom stereocenters. The first-order chi connectivity index (χ1) is 10.8. The van der Waals surface area contributed by atoms with Crippen molar-refractivity contribution < 1.29 is 0 Å². The van der Waals surface area contributed by atoms with Gasteiger partial charge in [-0.3, -0.25) is 4.90 Å². The zero-order chi connectivity index (χ0) is 15.2. The Labute approximate surface area is 138 Å². The van der Waals surface area contributed by atoms with Gasteiger partial charge in [-0.25, -0.2) is 0 Å². The summed E-state index contributed by atoms with van der Waals surface area (Å²) in [5.41, 5.74) is 2.89. The molecule has 0 amide bonds. The lowest BCUT2D eigenvalue weighted by atomic mass is 9.96. The molecule has 0 atom stereocenters. The molecule has 0 radical (unpaired) electrons. The molecule has 1 aromatic carbocycles. The predicted octanol–water partition coefficient (Wildman–Crippen LogP) is 4.09. The van der Waals surface area contributed by atoms with Gasteiger partial charge in [0, 0.05) is 19.6 Å². The summed E-state index contributed by atoms with van der Waals surface area (Å²) in [5.74, 6) is 0.857. The quantitative estimate of drug-likeness (QED) is 0.792. The van der Waals surface area contributed by atoms with Gasteiger partial charge in [-0.05, 0) is 66.9 Å². The number of hydrogen-bond donors (Lipinski definition) is 0. The predicted molar refractivity (Wildman–Crippen MR) is 95.1 cm³/mol. The first-order valence-corrected chi connectivity index (χ1v) is 9.20. The fraction of sp³-hybridized carbons (Fsp3) is 0.474. The van der Waals surface area contributed by atoms with Gasteiger partial charge in [-0.15, -0.1) is 0 Å². The van der Waals surface area contributed by atoms with Gasteiger partial charge in [0.1, 0.15) is 0 Å². The number of thiophene rings is 1. The highest BCUT2D eigenvalue weighted by molar-refractivity contribution is 7.07. The minimum absolute atomic E-state index is 0.857. The number of rotatable bonds is 6. The molecule has 2 heterocycles. The Balaban J connectivity index is 1.40. The second-order valence-corrected chi connectivity index (χ2v) is 7.31. The fourth-order valence-electron chi connectivity index (χ4n) is 3.37. The minimum atomic E-state index is 0.857. The van der Waals surface area contributed by atoms with Crippen LogP contribution in [0.15, 0.2) is 47.2 Å². The van der Waals surface area contributed by atoms with E-state index < -0.39 is 0 Å². The lowest BCUT2D eigenvalue weighted by Crippen LogP contribution is -2.37. The third kappa shape index (κ3) is 4.67. The molecule has 0 aliphatic carbocycles. The van der Waals surface area contributed by atoms with Crippen molar-refractivity contribution in [3.8, 4) is 0 Å². The molecular weight excluding hydrogens is 288 g/mol. The lowest BCUT2D eigenvalue weighted by molar-refractivity contribution is 0.147. The molecule has 2 nitrogen and oxygen atoms in total. The van der Waals surface area contributed by atoms with Gasteiger partial charge in [0.2, 0.25) is 0 Å². The third-order valence-electron chi connectivity index (χ3n) is 4.56. The molecule has 3 rings (SSSR count). The molecule has 2 aromatic rings. The monoisotopic (exact) mass is 314 g/mol. The van der Waals surface area contributed by atoms with Crippen LogP contribution < -0.4 is 0 Å². The van der Waals surface area contributed by atoms with Crippen LogP contribution in [0.25, 0.3) is 0 Å². The van der Waals surface area contributed by atoms with E-state index in [0.29, 0.717) is 0 Å². The first kappa shape index (κ1) is 15.7. The minimum Gasteiger partial charge on any atom is -0.302 e. The zero-order valence-electron chi connectivity index (χ0n) is 13.4. The van der Waals surface area contributed by atoms with Crippen LogP contribution in [0.3, 0.4) is 0 Å². The molecule has 0 spiro atoms. The van der Waals surface area contributed by atoms with Crippen molar-refractivity contribution in [2.24, 2.45) is 5.92 Å². The number of piperidine rings is 1. The van der Waals surface area contributed by atoms with Crippen molar-refractivity contribution in [1.82, 2.24) is 9.80 Å². The maximum atomic E-state index is 2.60. The van der Waals surface area contributed by atoms with Gasteiger partial charge >= 0.3 is 0 Å². The highest BCUT2D eigenvalue weighted by Crippen LogP contribution is 2.20. The maximum Gasteiger partial charge on any atom is 0.0239 e. The Hall–Kier alpha value is -1.16. The van der Waals surface area contributed by atoms with E-state index in [1.54, 1.807) is 11.3 Å². The average molecular weight is 314 g/mol. The van der Waals surface area contributed by atoms with Gasteiger partial charge in [-0.2, -0.15) is 11.3 Å². The topological polar surface area (TPSA) is 6.48 Å². The SMILES string of the molecule is CN(Cc1ccsc1)CC1CCN(Cc2ccccc2)CC1. The summed E-state index contributed by atoms with van der Waals surface area (Å²) >= 11 is 1.80. The van der Waals surface area contributed by atoms with E-state index in [9.17, 15) is 0 Å². The van der Waals surface area contributed by atoms with E-state index in [1.807, 2.05) is 0 Å². The lowest BCUT2D eigenvalue weighted by Gasteiger charge is -2.34. The fourth-order valence-corrected chi connectivity index (χ4v) is 4.03. The smallest absolute Gasteiger partial charge is 0.0239 e. The summed E-state index contributed by atoms with van der Waals surface area (Å²) in [4.78, 5) is 5.09. The molecule has 1 saturated heterocycles. The van der Waals surface area contributed by atoms with Crippen LogP contribution in [-0.2, 0) is 13.1 Å². The molecule has 1 aromatic heterocycles. The highest BCUT2D eigenvalue weighted by atomic mass is 32.1. The summed E-state index contributed by atoms with van der Waals surface area (Å²) in [6, 6.07) is 13.1. The van der Waals surface area contributed by atoms with E-state index >= 15 is 0 Å². The molecule has 1 aliphatic heterocycles.